The van der Waals surface area contributed by atoms with Crippen LogP contribution in [0.5, 0.6) is 0 Å². The zero-order valence-electron chi connectivity index (χ0n) is 7.29. The van der Waals surface area contributed by atoms with Crippen LogP contribution in [0.25, 0.3) is 0 Å². The van der Waals surface area contributed by atoms with Crippen LogP contribution in [0.15, 0.2) is 10.7 Å². The number of carbonyl (C=O) groups is 1. The maximum Gasteiger partial charge on any atom is 0.392 e. The first-order chi connectivity index (χ1) is 5.41. The van der Waals surface area contributed by atoms with Gasteiger partial charge in [-0.25, -0.2) is 9.78 Å². The Hall–Kier alpha value is -1.32. The minimum atomic E-state index is -1.13. The summed E-state index contributed by atoms with van der Waals surface area (Å²) in [5.74, 6) is -1.38. The van der Waals surface area contributed by atoms with Gasteiger partial charge in [0.05, 0.1) is 5.69 Å². The van der Waals surface area contributed by atoms with E-state index in [0.717, 1.165) is 0 Å². The lowest BCUT2D eigenvalue weighted by molar-refractivity contribution is 0.0653. The summed E-state index contributed by atoms with van der Waals surface area (Å²) in [6.45, 7) is 5.82. The average Bonchev–Trinajstić information content (AvgIpc) is 2.30. The molecule has 0 radical (unpaired) electrons. The van der Waals surface area contributed by atoms with Crippen molar-refractivity contribution in [3.63, 3.8) is 0 Å². The number of carboxylic acid groups (broad SMARTS) is 1. The molecule has 1 heterocycles. The van der Waals surface area contributed by atoms with Crippen LogP contribution in [-0.4, -0.2) is 16.1 Å². The van der Waals surface area contributed by atoms with Crippen LogP contribution in [0.4, 0.5) is 0 Å². The molecule has 1 aromatic rings. The van der Waals surface area contributed by atoms with E-state index in [4.69, 9.17) is 9.52 Å². The van der Waals surface area contributed by atoms with Crippen LogP contribution < -0.4 is 0 Å². The lowest BCUT2D eigenvalue weighted by Crippen LogP contribution is -2.12. The molecular formula is C8H11NO3. The van der Waals surface area contributed by atoms with Crippen molar-refractivity contribution in [2.75, 3.05) is 0 Å². The molecule has 0 saturated heterocycles. The minimum Gasteiger partial charge on any atom is -0.474 e. The van der Waals surface area contributed by atoms with E-state index in [1.807, 2.05) is 20.8 Å². The molecule has 66 valence electrons. The van der Waals surface area contributed by atoms with Crippen LogP contribution >= 0.6 is 0 Å². The molecule has 4 nitrogen and oxygen atoms in total. The molecule has 0 spiro atoms. The molecule has 0 fully saturated rings. The zero-order valence-corrected chi connectivity index (χ0v) is 7.29. The first-order valence-electron chi connectivity index (χ1n) is 3.60. The van der Waals surface area contributed by atoms with Gasteiger partial charge in [0.15, 0.2) is 0 Å². The lowest BCUT2D eigenvalue weighted by Gasteiger charge is -2.12. The predicted octanol–water partition coefficient (Wildman–Crippen LogP) is 1.67. The maximum absolute atomic E-state index is 10.4. The topological polar surface area (TPSA) is 63.3 Å². The summed E-state index contributed by atoms with van der Waals surface area (Å²) >= 11 is 0. The summed E-state index contributed by atoms with van der Waals surface area (Å²) in [6.07, 6.45) is 1.38. The van der Waals surface area contributed by atoms with Gasteiger partial charge in [0.25, 0.3) is 0 Å². The van der Waals surface area contributed by atoms with Crippen molar-refractivity contribution in [2.45, 2.75) is 26.2 Å². The van der Waals surface area contributed by atoms with Crippen LogP contribution in [0.3, 0.4) is 0 Å². The molecule has 1 N–H and O–H groups in total. The first kappa shape index (κ1) is 8.77. The molecule has 1 aromatic heterocycles. The number of aromatic carboxylic acids is 1. The molecular weight excluding hydrogens is 158 g/mol. The second-order valence-corrected chi connectivity index (χ2v) is 3.59. The molecule has 12 heavy (non-hydrogen) atoms. The van der Waals surface area contributed by atoms with E-state index < -0.39 is 5.97 Å². The summed E-state index contributed by atoms with van der Waals surface area (Å²) < 4.78 is 4.74. The van der Waals surface area contributed by atoms with Gasteiger partial charge in [0, 0.05) is 5.41 Å². The number of hydrogen-bond donors (Lipinski definition) is 1. The van der Waals surface area contributed by atoms with Crippen molar-refractivity contribution < 1.29 is 14.3 Å². The monoisotopic (exact) mass is 169 g/mol. The van der Waals surface area contributed by atoms with Gasteiger partial charge in [0.1, 0.15) is 6.26 Å². The second-order valence-electron chi connectivity index (χ2n) is 3.59. The van der Waals surface area contributed by atoms with Gasteiger partial charge in [-0.1, -0.05) is 20.8 Å². The van der Waals surface area contributed by atoms with Crippen LogP contribution in [0, 0.1) is 0 Å². The summed E-state index contributed by atoms with van der Waals surface area (Å²) in [6, 6.07) is 0. The second kappa shape index (κ2) is 2.62. The molecule has 1 rings (SSSR count). The fraction of sp³-hybridized carbons (Fsp3) is 0.500. The third kappa shape index (κ3) is 1.64. The van der Waals surface area contributed by atoms with Crippen LogP contribution in [-0.2, 0) is 5.41 Å². The Balaban J connectivity index is 3.00. The Kier molecular flexibility index (Phi) is 1.92. The van der Waals surface area contributed by atoms with E-state index >= 15 is 0 Å². The third-order valence-corrected chi connectivity index (χ3v) is 1.46. The molecule has 0 unspecified atom stereocenters. The highest BCUT2D eigenvalue weighted by Crippen LogP contribution is 2.20. The Morgan fingerprint density at radius 3 is 2.42 bits per heavy atom. The Morgan fingerprint density at radius 1 is 1.58 bits per heavy atom. The average molecular weight is 169 g/mol. The van der Waals surface area contributed by atoms with Crippen LogP contribution in [0.2, 0.25) is 0 Å². The Bertz CT molecular complexity index is 295. The van der Waals surface area contributed by atoms with Crippen molar-refractivity contribution in [1.29, 1.82) is 0 Å². The first-order valence-corrected chi connectivity index (χ1v) is 3.60. The van der Waals surface area contributed by atoms with Crippen molar-refractivity contribution in [2.24, 2.45) is 0 Å². The quantitative estimate of drug-likeness (QED) is 0.694. The van der Waals surface area contributed by atoms with Crippen molar-refractivity contribution in [3.05, 3.63) is 17.8 Å². The van der Waals surface area contributed by atoms with Crippen molar-refractivity contribution >= 4 is 5.97 Å². The highest BCUT2D eigenvalue weighted by atomic mass is 16.4. The zero-order chi connectivity index (χ0) is 9.35. The van der Waals surface area contributed by atoms with E-state index in [9.17, 15) is 4.79 Å². The molecule has 0 aromatic carbocycles. The van der Waals surface area contributed by atoms with E-state index in [-0.39, 0.29) is 11.3 Å². The van der Waals surface area contributed by atoms with Gasteiger partial charge < -0.3 is 9.52 Å². The fourth-order valence-electron chi connectivity index (χ4n) is 0.716. The summed E-state index contributed by atoms with van der Waals surface area (Å²) in [5, 5.41) is 8.51. The summed E-state index contributed by atoms with van der Waals surface area (Å²) in [7, 11) is 0. The van der Waals surface area contributed by atoms with E-state index in [1.165, 1.54) is 6.26 Å². The lowest BCUT2D eigenvalue weighted by atomic mass is 9.93. The molecule has 0 amide bonds. The third-order valence-electron chi connectivity index (χ3n) is 1.46. The maximum atomic E-state index is 10.4. The molecule has 0 aliphatic heterocycles. The van der Waals surface area contributed by atoms with E-state index in [0.29, 0.717) is 5.69 Å². The van der Waals surface area contributed by atoms with E-state index in [1.54, 1.807) is 0 Å². The van der Waals surface area contributed by atoms with Gasteiger partial charge in [-0.15, -0.1) is 0 Å². The van der Waals surface area contributed by atoms with Gasteiger partial charge in [0.2, 0.25) is 0 Å². The van der Waals surface area contributed by atoms with Crippen molar-refractivity contribution in [1.82, 2.24) is 4.98 Å². The van der Waals surface area contributed by atoms with Crippen molar-refractivity contribution in [3.8, 4) is 0 Å². The number of oxazole rings is 1. The van der Waals surface area contributed by atoms with Gasteiger partial charge in [-0.05, 0) is 0 Å². The molecule has 0 aliphatic rings. The standard InChI is InChI=1S/C8H11NO3/c1-8(2,3)5-4-12-6(9-5)7(10)11/h4H,1-3H3,(H,10,11). The van der Waals surface area contributed by atoms with Gasteiger partial charge in [-0.3, -0.25) is 0 Å². The van der Waals surface area contributed by atoms with Crippen LogP contribution in [0.1, 0.15) is 37.2 Å². The number of nitrogens with zero attached hydrogens (tertiary/aromatic N) is 1. The molecule has 0 aliphatic carbocycles. The molecule has 0 bridgehead atoms. The normalized spacial score (nSPS) is 11.6. The van der Waals surface area contributed by atoms with Gasteiger partial charge in [-0.2, -0.15) is 0 Å². The Morgan fingerprint density at radius 2 is 2.17 bits per heavy atom. The minimum absolute atomic E-state index is 0.169. The number of rotatable bonds is 1. The molecule has 4 heteroatoms. The summed E-state index contributed by atoms with van der Waals surface area (Å²) in [4.78, 5) is 14.2. The number of aromatic nitrogens is 1. The Labute approximate surface area is 70.2 Å². The summed E-state index contributed by atoms with van der Waals surface area (Å²) in [5.41, 5.74) is 0.483. The molecule has 0 atom stereocenters. The SMILES string of the molecule is CC(C)(C)c1coc(C(=O)O)n1. The van der Waals surface area contributed by atoms with E-state index in [2.05, 4.69) is 4.98 Å². The smallest absolute Gasteiger partial charge is 0.392 e. The fourth-order valence-corrected chi connectivity index (χ4v) is 0.716. The highest BCUT2D eigenvalue weighted by molar-refractivity contribution is 5.82. The van der Waals surface area contributed by atoms with Gasteiger partial charge >= 0.3 is 11.9 Å². The highest BCUT2D eigenvalue weighted by Gasteiger charge is 2.20. The predicted molar refractivity (Wildman–Crippen MR) is 42.2 cm³/mol. The number of hydrogen-bond acceptors (Lipinski definition) is 3. The largest absolute Gasteiger partial charge is 0.474 e. The molecule has 0 saturated carbocycles. The number of carboxylic acids is 1.